The summed E-state index contributed by atoms with van der Waals surface area (Å²) in [5, 5.41) is 9.10. The third kappa shape index (κ3) is 5.13. The van der Waals surface area contributed by atoms with Crippen molar-refractivity contribution in [3.63, 3.8) is 0 Å². The van der Waals surface area contributed by atoms with Gasteiger partial charge in [-0.25, -0.2) is 13.4 Å². The van der Waals surface area contributed by atoms with Crippen molar-refractivity contribution in [3.05, 3.63) is 54.9 Å². The van der Waals surface area contributed by atoms with Crippen LogP contribution in [0.3, 0.4) is 0 Å². The Balaban J connectivity index is 2.05. The quantitative estimate of drug-likeness (QED) is 0.481. The summed E-state index contributed by atoms with van der Waals surface area (Å²) in [6.45, 7) is -0.363. The van der Waals surface area contributed by atoms with Gasteiger partial charge in [0.1, 0.15) is 23.6 Å². The van der Waals surface area contributed by atoms with Gasteiger partial charge in [-0.05, 0) is 24.3 Å². The molecule has 0 aliphatic heterocycles. The zero-order valence-electron chi connectivity index (χ0n) is 16.8. The fraction of sp³-hybridized carbons (Fsp3) is 0.200. The summed E-state index contributed by atoms with van der Waals surface area (Å²) >= 11 is 0. The van der Waals surface area contributed by atoms with Gasteiger partial charge < -0.3 is 24.1 Å². The van der Waals surface area contributed by atoms with E-state index in [1.807, 2.05) is 0 Å². The van der Waals surface area contributed by atoms with Crippen molar-refractivity contribution in [3.8, 4) is 28.9 Å². The number of hydrogen-bond donors (Lipinski definition) is 2. The lowest BCUT2D eigenvalue weighted by molar-refractivity contribution is 0.192. The summed E-state index contributed by atoms with van der Waals surface area (Å²) in [7, 11) is -1.26. The molecule has 0 radical (unpaired) electrons. The van der Waals surface area contributed by atoms with Crippen LogP contribution in [0.4, 0.5) is 5.82 Å². The van der Waals surface area contributed by atoms with Crippen LogP contribution in [0.5, 0.6) is 28.9 Å². The molecule has 0 amide bonds. The van der Waals surface area contributed by atoms with E-state index < -0.39 is 10.0 Å². The monoisotopic (exact) mass is 447 g/mol. The fourth-order valence-corrected chi connectivity index (χ4v) is 3.79. The van der Waals surface area contributed by atoms with Crippen LogP contribution >= 0.6 is 0 Å². The highest BCUT2D eigenvalue weighted by atomic mass is 32.2. The lowest BCUT2D eigenvalue weighted by Gasteiger charge is -2.17. The van der Waals surface area contributed by atoms with E-state index >= 15 is 0 Å². The van der Waals surface area contributed by atoms with Crippen molar-refractivity contribution >= 4 is 15.8 Å². The molecule has 0 fully saturated rings. The molecule has 0 bridgehead atoms. The lowest BCUT2D eigenvalue weighted by atomic mass is 10.3. The van der Waals surface area contributed by atoms with E-state index in [1.54, 1.807) is 36.4 Å². The molecule has 0 aliphatic rings. The summed E-state index contributed by atoms with van der Waals surface area (Å²) in [5.74, 6) is 0.517. The number of anilines is 1. The van der Waals surface area contributed by atoms with E-state index in [4.69, 9.17) is 24.1 Å². The molecule has 0 spiro atoms. The predicted octanol–water partition coefficient (Wildman–Crippen LogP) is 2.46. The molecular formula is C20H21N3O7S. The number of aliphatic hydroxyl groups excluding tert-OH is 1. The molecule has 0 atom stereocenters. The molecule has 0 unspecified atom stereocenters. The number of para-hydroxylation sites is 3. The van der Waals surface area contributed by atoms with Crippen LogP contribution in [-0.2, 0) is 10.0 Å². The Hall–Kier alpha value is -3.57. The van der Waals surface area contributed by atoms with Crippen molar-refractivity contribution in [2.24, 2.45) is 0 Å². The van der Waals surface area contributed by atoms with Crippen LogP contribution in [0.15, 0.2) is 59.8 Å². The van der Waals surface area contributed by atoms with E-state index in [0.717, 1.165) is 6.33 Å². The Morgan fingerprint density at radius 3 is 2.26 bits per heavy atom. The number of aromatic nitrogens is 2. The minimum absolute atomic E-state index is 0.0623. The second-order valence-electron chi connectivity index (χ2n) is 5.94. The highest BCUT2D eigenvalue weighted by Gasteiger charge is 2.25. The number of ether oxygens (including phenoxy) is 4. The summed E-state index contributed by atoms with van der Waals surface area (Å²) in [4.78, 5) is 7.92. The van der Waals surface area contributed by atoms with Crippen LogP contribution in [0.25, 0.3) is 0 Å². The maximum absolute atomic E-state index is 13.0. The van der Waals surface area contributed by atoms with Crippen LogP contribution in [-0.4, -0.2) is 50.9 Å². The first-order valence-corrected chi connectivity index (χ1v) is 10.5. The Labute approximate surface area is 179 Å². The first kappa shape index (κ1) is 22.1. The number of rotatable bonds is 10. The van der Waals surface area contributed by atoms with Crippen molar-refractivity contribution in [1.29, 1.82) is 0 Å². The molecule has 1 aromatic heterocycles. The smallest absolute Gasteiger partial charge is 0.266 e. The first-order valence-electron chi connectivity index (χ1n) is 9.05. The number of methoxy groups -OCH3 is 2. The average molecular weight is 447 g/mol. The van der Waals surface area contributed by atoms with Crippen LogP contribution < -0.4 is 23.7 Å². The Morgan fingerprint density at radius 2 is 1.58 bits per heavy atom. The lowest BCUT2D eigenvalue weighted by Crippen LogP contribution is -2.16. The number of benzene rings is 2. The third-order valence-corrected chi connectivity index (χ3v) is 5.35. The van der Waals surface area contributed by atoms with Gasteiger partial charge in [-0.15, -0.1) is 0 Å². The number of hydrogen-bond acceptors (Lipinski definition) is 9. The number of nitrogens with zero attached hydrogens (tertiary/aromatic N) is 2. The molecule has 0 aliphatic carbocycles. The minimum atomic E-state index is -4.11. The minimum Gasteiger partial charge on any atom is -0.495 e. The highest BCUT2D eigenvalue weighted by Crippen LogP contribution is 2.40. The van der Waals surface area contributed by atoms with Gasteiger partial charge in [0.25, 0.3) is 15.9 Å². The number of nitrogens with one attached hydrogen (secondary N) is 1. The average Bonchev–Trinajstić information content (AvgIpc) is 2.79. The molecule has 164 valence electrons. The largest absolute Gasteiger partial charge is 0.495 e. The van der Waals surface area contributed by atoms with E-state index in [-0.39, 0.29) is 47.1 Å². The van der Waals surface area contributed by atoms with Gasteiger partial charge >= 0.3 is 0 Å². The number of sulfonamides is 1. The molecule has 31 heavy (non-hydrogen) atoms. The highest BCUT2D eigenvalue weighted by molar-refractivity contribution is 7.92. The summed E-state index contributed by atoms with van der Waals surface area (Å²) in [6, 6.07) is 12.9. The zero-order valence-corrected chi connectivity index (χ0v) is 17.6. The van der Waals surface area contributed by atoms with Gasteiger partial charge in [0.15, 0.2) is 17.3 Å². The Bertz CT molecular complexity index is 1140. The molecule has 10 nitrogen and oxygen atoms in total. The molecule has 0 saturated heterocycles. The van der Waals surface area contributed by atoms with Gasteiger partial charge in [-0.3, -0.25) is 4.72 Å². The standard InChI is InChI=1S/C20H21N3O7S/c1-27-14-7-3-4-8-15(14)30-18-19(21-13-22-20(18)29-12-11-24)23-31(25,26)17-10-6-5-9-16(17)28-2/h3-10,13,24H,11-12H2,1-2H3,(H,21,22,23). The van der Waals surface area contributed by atoms with Gasteiger partial charge in [0.2, 0.25) is 5.75 Å². The number of aliphatic hydroxyl groups is 1. The predicted molar refractivity (Wildman–Crippen MR) is 111 cm³/mol. The maximum Gasteiger partial charge on any atom is 0.266 e. The SMILES string of the molecule is COc1ccccc1Oc1c(NS(=O)(=O)c2ccccc2OC)ncnc1OCCO. The molecule has 1 heterocycles. The van der Waals surface area contributed by atoms with Crippen molar-refractivity contribution in [1.82, 2.24) is 9.97 Å². The summed E-state index contributed by atoms with van der Waals surface area (Å²) in [6.07, 6.45) is 1.11. The molecule has 11 heteroatoms. The summed E-state index contributed by atoms with van der Waals surface area (Å²) in [5.41, 5.74) is 0. The van der Waals surface area contributed by atoms with Crippen molar-refractivity contribution < 1.29 is 32.5 Å². The molecular weight excluding hydrogens is 426 g/mol. The van der Waals surface area contributed by atoms with E-state index in [2.05, 4.69) is 14.7 Å². The Kier molecular flexibility index (Phi) is 7.11. The van der Waals surface area contributed by atoms with Crippen LogP contribution in [0, 0.1) is 0 Å². The zero-order chi connectivity index (χ0) is 22.3. The van der Waals surface area contributed by atoms with Gasteiger partial charge in [-0.1, -0.05) is 24.3 Å². The normalized spacial score (nSPS) is 10.9. The maximum atomic E-state index is 13.0. The molecule has 2 aromatic carbocycles. The third-order valence-electron chi connectivity index (χ3n) is 3.97. The van der Waals surface area contributed by atoms with Crippen molar-refractivity contribution in [2.45, 2.75) is 4.90 Å². The van der Waals surface area contributed by atoms with Crippen LogP contribution in [0.1, 0.15) is 0 Å². The van der Waals surface area contributed by atoms with Crippen LogP contribution in [0.2, 0.25) is 0 Å². The second-order valence-corrected chi connectivity index (χ2v) is 7.59. The molecule has 3 rings (SSSR count). The topological polar surface area (TPSA) is 129 Å². The van der Waals surface area contributed by atoms with E-state index in [1.165, 1.54) is 26.4 Å². The molecule has 0 saturated carbocycles. The Morgan fingerprint density at radius 1 is 0.935 bits per heavy atom. The van der Waals surface area contributed by atoms with Gasteiger partial charge in [0.05, 0.1) is 20.8 Å². The first-order chi connectivity index (χ1) is 15.0. The summed E-state index contributed by atoms with van der Waals surface area (Å²) < 4.78 is 50.2. The van der Waals surface area contributed by atoms with E-state index in [0.29, 0.717) is 5.75 Å². The van der Waals surface area contributed by atoms with Gasteiger partial charge in [-0.2, -0.15) is 4.98 Å². The second kappa shape index (κ2) is 9.96. The fourth-order valence-electron chi connectivity index (χ4n) is 2.60. The van der Waals surface area contributed by atoms with E-state index in [9.17, 15) is 8.42 Å². The van der Waals surface area contributed by atoms with Gasteiger partial charge in [0, 0.05) is 0 Å². The molecule has 3 aromatic rings. The molecule has 2 N–H and O–H groups in total. The van der Waals surface area contributed by atoms with Crippen molar-refractivity contribution in [2.75, 3.05) is 32.2 Å².